The van der Waals surface area contributed by atoms with Crippen LogP contribution in [0.25, 0.3) is 0 Å². The quantitative estimate of drug-likeness (QED) is 0.719. The molecule has 0 aliphatic heterocycles. The first-order chi connectivity index (χ1) is 11.6. The SMILES string of the molecule is Cc1cc(CN(C)C(=O)c2ccc(Oc3ccccc3)nc2)no1. The Kier molecular flexibility index (Phi) is 4.56. The van der Waals surface area contributed by atoms with Crippen molar-refractivity contribution in [3.8, 4) is 11.6 Å². The zero-order valence-electron chi connectivity index (χ0n) is 13.5. The average Bonchev–Trinajstić information content (AvgIpc) is 3.00. The molecular formula is C18H17N3O3. The van der Waals surface area contributed by atoms with E-state index in [1.54, 1.807) is 30.1 Å². The predicted octanol–water partition coefficient (Wildman–Crippen LogP) is 3.44. The first-order valence-electron chi connectivity index (χ1n) is 7.48. The minimum absolute atomic E-state index is 0.144. The lowest BCUT2D eigenvalue weighted by Gasteiger charge is -2.15. The maximum absolute atomic E-state index is 12.4. The summed E-state index contributed by atoms with van der Waals surface area (Å²) < 4.78 is 10.6. The van der Waals surface area contributed by atoms with E-state index in [9.17, 15) is 4.79 Å². The van der Waals surface area contributed by atoms with Gasteiger partial charge in [-0.15, -0.1) is 0 Å². The number of benzene rings is 1. The Morgan fingerprint density at radius 1 is 1.21 bits per heavy atom. The standard InChI is InChI=1S/C18H17N3O3/c1-13-10-15(20-24-13)12-21(2)18(22)14-8-9-17(19-11-14)23-16-6-4-3-5-7-16/h3-11H,12H2,1-2H3. The second kappa shape index (κ2) is 6.95. The third-order valence-electron chi connectivity index (χ3n) is 3.37. The third-order valence-corrected chi connectivity index (χ3v) is 3.37. The van der Waals surface area contributed by atoms with Gasteiger partial charge in [0, 0.05) is 25.4 Å². The lowest BCUT2D eigenvalue weighted by atomic mass is 10.2. The van der Waals surface area contributed by atoms with Crippen LogP contribution in [0.4, 0.5) is 0 Å². The van der Waals surface area contributed by atoms with E-state index in [0.717, 1.165) is 5.76 Å². The Hall–Kier alpha value is -3.15. The molecule has 6 heteroatoms. The van der Waals surface area contributed by atoms with Gasteiger partial charge in [0.2, 0.25) is 5.88 Å². The summed E-state index contributed by atoms with van der Waals surface area (Å²) in [5.41, 5.74) is 1.19. The summed E-state index contributed by atoms with van der Waals surface area (Å²) in [5, 5.41) is 3.89. The fourth-order valence-electron chi connectivity index (χ4n) is 2.20. The van der Waals surface area contributed by atoms with Crippen molar-refractivity contribution < 1.29 is 14.1 Å². The second-order valence-corrected chi connectivity index (χ2v) is 5.39. The highest BCUT2D eigenvalue weighted by Crippen LogP contribution is 2.19. The van der Waals surface area contributed by atoms with Gasteiger partial charge in [0.05, 0.1) is 12.1 Å². The number of amides is 1. The van der Waals surface area contributed by atoms with Gasteiger partial charge >= 0.3 is 0 Å². The number of carbonyl (C=O) groups excluding carboxylic acids is 1. The van der Waals surface area contributed by atoms with Crippen molar-refractivity contribution >= 4 is 5.91 Å². The number of carbonyl (C=O) groups is 1. The van der Waals surface area contributed by atoms with Crippen LogP contribution in [0.5, 0.6) is 11.6 Å². The molecule has 1 amide bonds. The van der Waals surface area contributed by atoms with Gasteiger partial charge in [0.1, 0.15) is 17.2 Å². The summed E-state index contributed by atoms with van der Waals surface area (Å²) in [4.78, 5) is 18.2. The number of hydrogen-bond donors (Lipinski definition) is 0. The summed E-state index contributed by atoms with van der Waals surface area (Å²) in [6, 6.07) is 14.5. The van der Waals surface area contributed by atoms with Gasteiger partial charge in [-0.25, -0.2) is 4.98 Å². The highest BCUT2D eigenvalue weighted by Gasteiger charge is 2.14. The maximum Gasteiger partial charge on any atom is 0.255 e. The van der Waals surface area contributed by atoms with Crippen LogP contribution in [0.1, 0.15) is 21.8 Å². The van der Waals surface area contributed by atoms with E-state index in [2.05, 4.69) is 10.1 Å². The molecule has 3 rings (SSSR count). The molecule has 0 N–H and O–H groups in total. The Morgan fingerprint density at radius 3 is 2.62 bits per heavy atom. The van der Waals surface area contributed by atoms with E-state index < -0.39 is 0 Å². The van der Waals surface area contributed by atoms with Gasteiger partial charge in [0.25, 0.3) is 5.91 Å². The van der Waals surface area contributed by atoms with E-state index in [-0.39, 0.29) is 5.91 Å². The number of nitrogens with zero attached hydrogens (tertiary/aromatic N) is 3. The van der Waals surface area contributed by atoms with Crippen LogP contribution in [0, 0.1) is 6.92 Å². The molecule has 0 saturated heterocycles. The zero-order chi connectivity index (χ0) is 16.9. The number of rotatable bonds is 5. The van der Waals surface area contributed by atoms with Gasteiger partial charge in [-0.05, 0) is 25.1 Å². The Balaban J connectivity index is 1.65. The van der Waals surface area contributed by atoms with Gasteiger partial charge in [-0.1, -0.05) is 23.4 Å². The van der Waals surface area contributed by atoms with E-state index in [4.69, 9.17) is 9.26 Å². The molecule has 1 aromatic carbocycles. The van der Waals surface area contributed by atoms with Crippen molar-refractivity contribution in [3.05, 3.63) is 71.7 Å². The van der Waals surface area contributed by atoms with Crippen molar-refractivity contribution in [1.82, 2.24) is 15.0 Å². The van der Waals surface area contributed by atoms with E-state index >= 15 is 0 Å². The first kappa shape index (κ1) is 15.7. The molecule has 2 heterocycles. The minimum Gasteiger partial charge on any atom is -0.439 e. The van der Waals surface area contributed by atoms with Gasteiger partial charge in [0.15, 0.2) is 0 Å². The summed E-state index contributed by atoms with van der Waals surface area (Å²) in [5.74, 6) is 1.71. The van der Waals surface area contributed by atoms with Crippen molar-refractivity contribution in [2.45, 2.75) is 13.5 Å². The number of aromatic nitrogens is 2. The summed E-state index contributed by atoms with van der Waals surface area (Å²) in [7, 11) is 1.71. The smallest absolute Gasteiger partial charge is 0.255 e. The van der Waals surface area contributed by atoms with E-state index in [1.807, 2.05) is 37.3 Å². The molecule has 3 aromatic rings. The lowest BCUT2D eigenvalue weighted by Crippen LogP contribution is -2.26. The predicted molar refractivity (Wildman–Crippen MR) is 87.8 cm³/mol. The Labute approximate surface area is 139 Å². The number of ether oxygens (including phenoxy) is 1. The van der Waals surface area contributed by atoms with Crippen LogP contribution < -0.4 is 4.74 Å². The Bertz CT molecular complexity index is 813. The molecule has 0 unspecified atom stereocenters. The molecule has 0 fully saturated rings. The highest BCUT2D eigenvalue weighted by molar-refractivity contribution is 5.93. The first-order valence-corrected chi connectivity index (χ1v) is 7.48. The van der Waals surface area contributed by atoms with Crippen LogP contribution in [-0.4, -0.2) is 28.0 Å². The largest absolute Gasteiger partial charge is 0.439 e. The highest BCUT2D eigenvalue weighted by atomic mass is 16.5. The van der Waals surface area contributed by atoms with Crippen LogP contribution in [0.2, 0.25) is 0 Å². The molecule has 2 aromatic heterocycles. The summed E-state index contributed by atoms with van der Waals surface area (Å²) in [6.45, 7) is 2.19. The van der Waals surface area contributed by atoms with E-state index in [0.29, 0.717) is 29.4 Å². The fraction of sp³-hybridized carbons (Fsp3) is 0.167. The van der Waals surface area contributed by atoms with Gasteiger partial charge < -0.3 is 14.2 Å². The molecule has 0 radical (unpaired) electrons. The molecule has 0 saturated carbocycles. The van der Waals surface area contributed by atoms with Gasteiger partial charge in [-0.3, -0.25) is 4.79 Å². The number of para-hydroxylation sites is 1. The normalized spacial score (nSPS) is 10.4. The van der Waals surface area contributed by atoms with Gasteiger partial charge in [-0.2, -0.15) is 0 Å². The number of pyridine rings is 1. The third kappa shape index (κ3) is 3.78. The monoisotopic (exact) mass is 323 g/mol. The van der Waals surface area contributed by atoms with Crippen molar-refractivity contribution in [3.63, 3.8) is 0 Å². The number of aryl methyl sites for hydroxylation is 1. The molecule has 24 heavy (non-hydrogen) atoms. The molecule has 0 aliphatic carbocycles. The van der Waals surface area contributed by atoms with Crippen LogP contribution in [0.3, 0.4) is 0 Å². The van der Waals surface area contributed by atoms with Crippen LogP contribution in [-0.2, 0) is 6.54 Å². The number of hydrogen-bond acceptors (Lipinski definition) is 5. The van der Waals surface area contributed by atoms with Crippen LogP contribution in [0.15, 0.2) is 59.3 Å². The summed E-state index contributed by atoms with van der Waals surface area (Å²) >= 11 is 0. The van der Waals surface area contributed by atoms with Crippen molar-refractivity contribution in [2.24, 2.45) is 0 Å². The zero-order valence-corrected chi connectivity index (χ0v) is 13.5. The Morgan fingerprint density at radius 2 is 2.00 bits per heavy atom. The van der Waals surface area contributed by atoms with Crippen LogP contribution >= 0.6 is 0 Å². The molecular weight excluding hydrogens is 306 g/mol. The molecule has 0 bridgehead atoms. The summed E-state index contributed by atoms with van der Waals surface area (Å²) in [6.07, 6.45) is 1.51. The maximum atomic E-state index is 12.4. The van der Waals surface area contributed by atoms with Crippen molar-refractivity contribution in [2.75, 3.05) is 7.05 Å². The molecule has 122 valence electrons. The lowest BCUT2D eigenvalue weighted by molar-refractivity contribution is 0.0781. The average molecular weight is 323 g/mol. The molecule has 6 nitrogen and oxygen atoms in total. The fourth-order valence-corrected chi connectivity index (χ4v) is 2.20. The van der Waals surface area contributed by atoms with Crippen molar-refractivity contribution in [1.29, 1.82) is 0 Å². The molecule has 0 spiro atoms. The minimum atomic E-state index is -0.144. The molecule has 0 atom stereocenters. The topological polar surface area (TPSA) is 68.5 Å². The second-order valence-electron chi connectivity index (χ2n) is 5.39. The van der Waals surface area contributed by atoms with E-state index in [1.165, 1.54) is 6.20 Å². The molecule has 0 aliphatic rings.